The van der Waals surface area contributed by atoms with Crippen molar-refractivity contribution in [3.63, 3.8) is 0 Å². The Morgan fingerprint density at radius 1 is 1.30 bits per heavy atom. The fraction of sp³-hybridized carbons (Fsp3) is 0.429. The van der Waals surface area contributed by atoms with E-state index in [1.54, 1.807) is 0 Å². The molecule has 0 heterocycles. The molecule has 0 atom stereocenters. The van der Waals surface area contributed by atoms with Crippen molar-refractivity contribution < 1.29 is 12.8 Å². The largest absolute Gasteiger partial charge is 0.240 e. The van der Waals surface area contributed by atoms with E-state index in [1.807, 2.05) is 0 Å². The van der Waals surface area contributed by atoms with Gasteiger partial charge in [-0.1, -0.05) is 23.3 Å². The first-order chi connectivity index (χ1) is 9.49. The SMILES string of the molecule is O=S(=O)(NCCC1=CCCCC1)c1ccc(F)c(Cl)c1. The minimum absolute atomic E-state index is 0.0125. The van der Waals surface area contributed by atoms with Crippen molar-refractivity contribution in [1.82, 2.24) is 4.72 Å². The van der Waals surface area contributed by atoms with Crippen molar-refractivity contribution in [2.75, 3.05) is 6.54 Å². The zero-order valence-electron chi connectivity index (χ0n) is 11.0. The molecule has 0 spiro atoms. The minimum atomic E-state index is -3.63. The molecule has 1 aromatic carbocycles. The smallest absolute Gasteiger partial charge is 0.211 e. The summed E-state index contributed by atoms with van der Waals surface area (Å²) in [6, 6.07) is 3.39. The van der Waals surface area contributed by atoms with E-state index in [0.29, 0.717) is 13.0 Å². The predicted molar refractivity (Wildman–Crippen MR) is 77.8 cm³/mol. The van der Waals surface area contributed by atoms with Crippen molar-refractivity contribution in [1.29, 1.82) is 0 Å². The Kier molecular flexibility index (Phi) is 5.18. The van der Waals surface area contributed by atoms with E-state index in [2.05, 4.69) is 10.8 Å². The lowest BCUT2D eigenvalue weighted by Crippen LogP contribution is -2.25. The van der Waals surface area contributed by atoms with Crippen molar-refractivity contribution in [2.24, 2.45) is 0 Å². The van der Waals surface area contributed by atoms with Crippen LogP contribution in [-0.4, -0.2) is 15.0 Å². The van der Waals surface area contributed by atoms with Crippen molar-refractivity contribution in [3.8, 4) is 0 Å². The van der Waals surface area contributed by atoms with E-state index in [-0.39, 0.29) is 9.92 Å². The predicted octanol–water partition coefficient (Wildman–Crippen LogP) is 3.65. The second kappa shape index (κ2) is 6.70. The molecule has 2 rings (SSSR count). The highest BCUT2D eigenvalue weighted by Gasteiger charge is 2.15. The Labute approximate surface area is 123 Å². The van der Waals surface area contributed by atoms with Gasteiger partial charge in [0, 0.05) is 6.54 Å². The number of sulfonamides is 1. The maximum Gasteiger partial charge on any atom is 0.240 e. The number of hydrogen-bond acceptors (Lipinski definition) is 2. The molecule has 0 saturated carbocycles. The molecule has 1 N–H and O–H groups in total. The molecule has 1 aromatic rings. The fourth-order valence-corrected chi connectivity index (χ4v) is 3.51. The summed E-state index contributed by atoms with van der Waals surface area (Å²) in [7, 11) is -3.63. The molecule has 6 heteroatoms. The van der Waals surface area contributed by atoms with E-state index >= 15 is 0 Å². The highest BCUT2D eigenvalue weighted by atomic mass is 35.5. The van der Waals surface area contributed by atoms with Gasteiger partial charge in [-0.05, 0) is 50.3 Å². The molecule has 0 amide bonds. The van der Waals surface area contributed by atoms with Crippen LogP contribution in [0.15, 0.2) is 34.7 Å². The van der Waals surface area contributed by atoms with E-state index in [1.165, 1.54) is 24.5 Å². The number of rotatable bonds is 5. The number of halogens is 2. The van der Waals surface area contributed by atoms with Gasteiger partial charge < -0.3 is 0 Å². The number of benzene rings is 1. The third-order valence-corrected chi connectivity index (χ3v) is 5.07. The van der Waals surface area contributed by atoms with Crippen molar-refractivity contribution in [2.45, 2.75) is 37.0 Å². The van der Waals surface area contributed by atoms with E-state index in [9.17, 15) is 12.8 Å². The highest BCUT2D eigenvalue weighted by Crippen LogP contribution is 2.21. The lowest BCUT2D eigenvalue weighted by molar-refractivity contribution is 0.578. The van der Waals surface area contributed by atoms with Crippen LogP contribution in [0.1, 0.15) is 32.1 Å². The van der Waals surface area contributed by atoms with Crippen LogP contribution in [-0.2, 0) is 10.0 Å². The van der Waals surface area contributed by atoms with Crippen LogP contribution in [0.4, 0.5) is 4.39 Å². The lowest BCUT2D eigenvalue weighted by atomic mass is 9.97. The van der Waals surface area contributed by atoms with Gasteiger partial charge in [0.15, 0.2) is 0 Å². The summed E-state index contributed by atoms with van der Waals surface area (Å²) in [6.07, 6.45) is 7.41. The van der Waals surface area contributed by atoms with Crippen molar-refractivity contribution >= 4 is 21.6 Å². The third-order valence-electron chi connectivity index (χ3n) is 3.32. The molecule has 3 nitrogen and oxygen atoms in total. The van der Waals surface area contributed by atoms with Gasteiger partial charge in [0.25, 0.3) is 0 Å². The average Bonchev–Trinajstić information content (AvgIpc) is 2.43. The number of hydrogen-bond donors (Lipinski definition) is 1. The third kappa shape index (κ3) is 4.04. The molecular weight excluding hydrogens is 301 g/mol. The molecular formula is C14H17ClFNO2S. The second-order valence-electron chi connectivity index (χ2n) is 4.83. The molecule has 0 fully saturated rings. The van der Waals surface area contributed by atoms with E-state index in [4.69, 9.17) is 11.6 Å². The van der Waals surface area contributed by atoms with E-state index < -0.39 is 15.8 Å². The normalized spacial score (nSPS) is 16.0. The number of allylic oxidation sites excluding steroid dienone is 1. The lowest BCUT2D eigenvalue weighted by Gasteiger charge is -2.13. The van der Waals surface area contributed by atoms with Gasteiger partial charge >= 0.3 is 0 Å². The summed E-state index contributed by atoms with van der Waals surface area (Å²) in [5, 5.41) is -0.192. The zero-order chi connectivity index (χ0) is 14.6. The summed E-state index contributed by atoms with van der Waals surface area (Å²) >= 11 is 5.60. The molecule has 0 saturated heterocycles. The van der Waals surface area contributed by atoms with Crippen LogP contribution < -0.4 is 4.72 Å². The zero-order valence-corrected chi connectivity index (χ0v) is 12.6. The van der Waals surface area contributed by atoms with Gasteiger partial charge in [-0.2, -0.15) is 0 Å². The van der Waals surface area contributed by atoms with Gasteiger partial charge in [-0.3, -0.25) is 0 Å². The van der Waals surface area contributed by atoms with Crippen LogP contribution in [0, 0.1) is 5.82 Å². The van der Waals surface area contributed by atoms with Crippen LogP contribution >= 0.6 is 11.6 Å². The van der Waals surface area contributed by atoms with Gasteiger partial charge in [-0.15, -0.1) is 0 Å². The Hall–Kier alpha value is -0.910. The van der Waals surface area contributed by atoms with Crippen LogP contribution in [0.2, 0.25) is 5.02 Å². The quantitative estimate of drug-likeness (QED) is 0.843. The van der Waals surface area contributed by atoms with Gasteiger partial charge in [0.05, 0.1) is 9.92 Å². The molecule has 0 radical (unpaired) electrons. The molecule has 0 unspecified atom stereocenters. The van der Waals surface area contributed by atoms with Crippen LogP contribution in [0.5, 0.6) is 0 Å². The second-order valence-corrected chi connectivity index (χ2v) is 7.01. The maximum absolute atomic E-state index is 13.0. The summed E-state index contributed by atoms with van der Waals surface area (Å²) in [4.78, 5) is -0.0125. The molecule has 0 bridgehead atoms. The first-order valence-electron chi connectivity index (χ1n) is 6.62. The summed E-state index contributed by atoms with van der Waals surface area (Å²) in [6.45, 7) is 0.350. The Morgan fingerprint density at radius 2 is 2.10 bits per heavy atom. The first-order valence-corrected chi connectivity index (χ1v) is 8.48. The van der Waals surface area contributed by atoms with Gasteiger partial charge in [0.2, 0.25) is 10.0 Å². The molecule has 0 aliphatic heterocycles. The molecule has 110 valence electrons. The Morgan fingerprint density at radius 3 is 2.75 bits per heavy atom. The van der Waals surface area contributed by atoms with Crippen LogP contribution in [0.25, 0.3) is 0 Å². The Balaban J connectivity index is 1.96. The average molecular weight is 318 g/mol. The standard InChI is InChI=1S/C14H17ClFNO2S/c15-13-10-12(6-7-14(13)16)20(18,19)17-9-8-11-4-2-1-3-5-11/h4,6-7,10,17H,1-3,5,8-9H2. The summed E-state index contributed by atoms with van der Waals surface area (Å²) < 4.78 is 39.6. The monoisotopic (exact) mass is 317 g/mol. The minimum Gasteiger partial charge on any atom is -0.211 e. The first kappa shape index (κ1) is 15.5. The van der Waals surface area contributed by atoms with Gasteiger partial charge in [0.1, 0.15) is 5.82 Å². The highest BCUT2D eigenvalue weighted by molar-refractivity contribution is 7.89. The van der Waals surface area contributed by atoms with Crippen molar-refractivity contribution in [3.05, 3.63) is 40.7 Å². The summed E-state index contributed by atoms with van der Waals surface area (Å²) in [5.74, 6) is -0.627. The number of nitrogens with one attached hydrogen (secondary N) is 1. The molecule has 20 heavy (non-hydrogen) atoms. The topological polar surface area (TPSA) is 46.2 Å². The molecule has 0 aromatic heterocycles. The summed E-state index contributed by atoms with van der Waals surface area (Å²) in [5.41, 5.74) is 1.30. The molecule has 1 aliphatic rings. The van der Waals surface area contributed by atoms with Crippen LogP contribution in [0.3, 0.4) is 0 Å². The fourth-order valence-electron chi connectivity index (χ4n) is 2.21. The van der Waals surface area contributed by atoms with Gasteiger partial charge in [-0.25, -0.2) is 17.5 Å². The Bertz CT molecular complexity index is 614. The van der Waals surface area contributed by atoms with E-state index in [0.717, 1.165) is 25.0 Å². The maximum atomic E-state index is 13.0. The molecule has 1 aliphatic carbocycles.